The summed E-state index contributed by atoms with van der Waals surface area (Å²) in [5, 5.41) is 0. The molecule has 0 aliphatic heterocycles. The third kappa shape index (κ3) is 69.0. The largest absolute Gasteiger partial charge is 0.462 e. The van der Waals surface area contributed by atoms with Crippen LogP contribution in [0.5, 0.6) is 0 Å². The van der Waals surface area contributed by atoms with Gasteiger partial charge in [0.15, 0.2) is 6.10 Å². The van der Waals surface area contributed by atoms with Gasteiger partial charge in [0.05, 0.1) is 0 Å². The zero-order valence-electron chi connectivity index (χ0n) is 54.9. The van der Waals surface area contributed by atoms with E-state index >= 15 is 0 Å². The van der Waals surface area contributed by atoms with E-state index in [9.17, 15) is 14.4 Å². The minimum absolute atomic E-state index is 0.0876. The van der Waals surface area contributed by atoms with Crippen LogP contribution in [0.1, 0.15) is 355 Å². The normalized spacial score (nSPS) is 12.7. The molecule has 1 unspecified atom stereocenters. The van der Waals surface area contributed by atoms with E-state index in [0.717, 1.165) is 141 Å². The molecule has 83 heavy (non-hydrogen) atoms. The lowest BCUT2D eigenvalue weighted by atomic mass is 10.0. The standard InChI is InChI=1S/C77H134O6/c1-4-7-10-13-16-19-22-25-28-29-30-31-32-33-34-35-36-37-38-39-40-41-42-43-44-45-46-47-50-52-55-58-61-64-67-70-76(79)82-73-74(83-77(80)71-68-65-62-59-56-53-49-27-24-21-18-15-12-9-6-3)72-81-75(78)69-66-63-60-57-54-51-48-26-23-20-17-14-11-8-5-2/h8-9,11-12,17-18,20-22,25-27,29-30,48-49,74H,4-7,10,13-16,19,23-24,28,31-47,50-73H2,1-3H3/b11-8-,12-9-,20-17-,21-18-,25-22-,30-29-,48-26-,49-27-. The van der Waals surface area contributed by atoms with Crippen molar-refractivity contribution in [3.63, 3.8) is 0 Å². The Morgan fingerprint density at radius 2 is 0.470 bits per heavy atom. The Kier molecular flexibility index (Phi) is 67.7. The minimum Gasteiger partial charge on any atom is -0.462 e. The van der Waals surface area contributed by atoms with Crippen LogP contribution in [0.25, 0.3) is 0 Å². The Morgan fingerprint density at radius 1 is 0.253 bits per heavy atom. The smallest absolute Gasteiger partial charge is 0.306 e. The zero-order chi connectivity index (χ0) is 59.9. The highest BCUT2D eigenvalue weighted by Crippen LogP contribution is 2.18. The van der Waals surface area contributed by atoms with E-state index in [1.54, 1.807) is 0 Å². The number of carbonyl (C=O) groups is 3. The molecule has 0 aromatic heterocycles. The van der Waals surface area contributed by atoms with Crippen LogP contribution in [0.2, 0.25) is 0 Å². The van der Waals surface area contributed by atoms with Crippen LogP contribution in [0.3, 0.4) is 0 Å². The van der Waals surface area contributed by atoms with Gasteiger partial charge in [-0.25, -0.2) is 0 Å². The number of hydrogen-bond donors (Lipinski definition) is 0. The van der Waals surface area contributed by atoms with Crippen molar-refractivity contribution in [1.29, 1.82) is 0 Å². The van der Waals surface area contributed by atoms with E-state index in [-0.39, 0.29) is 31.1 Å². The molecule has 0 spiro atoms. The van der Waals surface area contributed by atoms with Gasteiger partial charge in [-0.15, -0.1) is 0 Å². The molecule has 0 saturated carbocycles. The maximum absolute atomic E-state index is 12.9. The second-order valence-corrected chi connectivity index (χ2v) is 23.7. The maximum Gasteiger partial charge on any atom is 0.306 e. The molecule has 6 nitrogen and oxygen atoms in total. The molecule has 0 amide bonds. The monoisotopic (exact) mass is 1160 g/mol. The molecule has 0 rings (SSSR count). The van der Waals surface area contributed by atoms with Gasteiger partial charge in [0.25, 0.3) is 0 Å². The van der Waals surface area contributed by atoms with Crippen molar-refractivity contribution < 1.29 is 28.6 Å². The van der Waals surface area contributed by atoms with Crippen LogP contribution in [0, 0.1) is 0 Å². The number of carbonyl (C=O) groups excluding carboxylic acids is 3. The van der Waals surface area contributed by atoms with E-state index in [2.05, 4.69) is 118 Å². The first kappa shape index (κ1) is 79.3. The number of unbranched alkanes of at least 4 members (excludes halogenated alkanes) is 38. The fraction of sp³-hybridized carbons (Fsp3) is 0.753. The Morgan fingerprint density at radius 3 is 0.735 bits per heavy atom. The molecule has 6 heteroatoms. The molecular weight excluding hydrogens is 1020 g/mol. The lowest BCUT2D eigenvalue weighted by molar-refractivity contribution is -0.167. The molecule has 0 radical (unpaired) electrons. The van der Waals surface area contributed by atoms with Gasteiger partial charge >= 0.3 is 17.9 Å². The van der Waals surface area contributed by atoms with Crippen molar-refractivity contribution in [2.45, 2.75) is 361 Å². The van der Waals surface area contributed by atoms with Crippen molar-refractivity contribution in [2.75, 3.05) is 13.2 Å². The molecule has 1 atom stereocenters. The second-order valence-electron chi connectivity index (χ2n) is 23.7. The highest BCUT2D eigenvalue weighted by Gasteiger charge is 2.19. The summed E-state index contributed by atoms with van der Waals surface area (Å²) in [6.07, 6.45) is 96.0. The number of hydrogen-bond acceptors (Lipinski definition) is 6. The summed E-state index contributed by atoms with van der Waals surface area (Å²) in [5.74, 6) is -0.909. The molecule has 0 aromatic rings. The Balaban J connectivity index is 4.13. The SMILES string of the molecule is CC/C=C\C/C=C\C/C=C\CCCCCCCC(=O)OCC(COC(=O)CCCCCCCCCCCCCCCCCCCCCCCCC/C=C\C/C=C\CCCCCCC)OC(=O)CCCCCCC/C=C\C/C=C\C/C=C\CC. The molecular formula is C77H134O6. The van der Waals surface area contributed by atoms with Crippen LogP contribution in [0.4, 0.5) is 0 Å². The fourth-order valence-electron chi connectivity index (χ4n) is 10.3. The van der Waals surface area contributed by atoms with Gasteiger partial charge < -0.3 is 14.2 Å². The average molecular weight is 1160 g/mol. The average Bonchev–Trinajstić information content (AvgIpc) is 3.49. The second kappa shape index (κ2) is 70.8. The number of esters is 3. The summed E-state index contributed by atoms with van der Waals surface area (Å²) >= 11 is 0. The molecule has 0 heterocycles. The van der Waals surface area contributed by atoms with Crippen LogP contribution in [0.15, 0.2) is 97.2 Å². The lowest BCUT2D eigenvalue weighted by Gasteiger charge is -2.18. The molecule has 0 N–H and O–H groups in total. The van der Waals surface area contributed by atoms with E-state index in [1.807, 2.05) is 0 Å². The van der Waals surface area contributed by atoms with Crippen molar-refractivity contribution in [1.82, 2.24) is 0 Å². The van der Waals surface area contributed by atoms with Gasteiger partial charge in [0.1, 0.15) is 13.2 Å². The van der Waals surface area contributed by atoms with E-state index in [1.165, 1.54) is 173 Å². The third-order valence-electron chi connectivity index (χ3n) is 15.6. The molecule has 0 aliphatic rings. The number of allylic oxidation sites excluding steroid dienone is 16. The highest BCUT2D eigenvalue weighted by atomic mass is 16.6. The molecule has 0 aliphatic carbocycles. The lowest BCUT2D eigenvalue weighted by Crippen LogP contribution is -2.30. The molecule has 478 valence electrons. The summed E-state index contributed by atoms with van der Waals surface area (Å²) < 4.78 is 16.9. The van der Waals surface area contributed by atoms with E-state index in [4.69, 9.17) is 14.2 Å². The van der Waals surface area contributed by atoms with Crippen LogP contribution < -0.4 is 0 Å². The van der Waals surface area contributed by atoms with Gasteiger partial charge in [0, 0.05) is 19.3 Å². The van der Waals surface area contributed by atoms with Gasteiger partial charge in [-0.1, -0.05) is 317 Å². The van der Waals surface area contributed by atoms with Gasteiger partial charge in [-0.2, -0.15) is 0 Å². The predicted molar refractivity (Wildman–Crippen MR) is 362 cm³/mol. The number of rotatable bonds is 65. The van der Waals surface area contributed by atoms with E-state index < -0.39 is 6.10 Å². The third-order valence-corrected chi connectivity index (χ3v) is 15.6. The van der Waals surface area contributed by atoms with Crippen molar-refractivity contribution in [3.8, 4) is 0 Å². The first-order valence-corrected chi connectivity index (χ1v) is 35.7. The van der Waals surface area contributed by atoms with Crippen molar-refractivity contribution in [2.24, 2.45) is 0 Å². The van der Waals surface area contributed by atoms with Crippen molar-refractivity contribution in [3.05, 3.63) is 97.2 Å². The molecule has 0 bridgehead atoms. The first-order chi connectivity index (χ1) is 41.0. The number of ether oxygens (including phenoxy) is 3. The zero-order valence-corrected chi connectivity index (χ0v) is 54.9. The topological polar surface area (TPSA) is 78.9 Å². The van der Waals surface area contributed by atoms with Crippen LogP contribution >= 0.6 is 0 Å². The van der Waals surface area contributed by atoms with Gasteiger partial charge in [0.2, 0.25) is 0 Å². The Labute approximate surface area is 515 Å². The summed E-state index contributed by atoms with van der Waals surface area (Å²) in [6, 6.07) is 0. The first-order valence-electron chi connectivity index (χ1n) is 35.7. The quantitative estimate of drug-likeness (QED) is 0.0261. The fourth-order valence-corrected chi connectivity index (χ4v) is 10.3. The highest BCUT2D eigenvalue weighted by molar-refractivity contribution is 5.71. The van der Waals surface area contributed by atoms with Crippen LogP contribution in [-0.4, -0.2) is 37.2 Å². The minimum atomic E-state index is -0.794. The van der Waals surface area contributed by atoms with Gasteiger partial charge in [-0.3, -0.25) is 14.4 Å². The Hall–Kier alpha value is -3.67. The summed E-state index contributed by atoms with van der Waals surface area (Å²) in [5.41, 5.74) is 0. The summed E-state index contributed by atoms with van der Waals surface area (Å²) in [7, 11) is 0. The van der Waals surface area contributed by atoms with E-state index in [0.29, 0.717) is 19.3 Å². The predicted octanol–water partition coefficient (Wildman–Crippen LogP) is 24.8. The summed E-state index contributed by atoms with van der Waals surface area (Å²) in [6.45, 7) is 6.41. The maximum atomic E-state index is 12.9. The molecule has 0 fully saturated rings. The van der Waals surface area contributed by atoms with Crippen LogP contribution in [-0.2, 0) is 28.6 Å². The molecule has 0 saturated heterocycles. The summed E-state index contributed by atoms with van der Waals surface area (Å²) in [4.78, 5) is 38.4. The molecule has 0 aromatic carbocycles. The van der Waals surface area contributed by atoms with Gasteiger partial charge in [-0.05, 0) is 116 Å². The Bertz CT molecular complexity index is 1610. The van der Waals surface area contributed by atoms with Crippen molar-refractivity contribution >= 4 is 17.9 Å².